The van der Waals surface area contributed by atoms with Crippen molar-refractivity contribution < 1.29 is 4.79 Å². The average molecular weight is 268 g/mol. The van der Waals surface area contributed by atoms with E-state index in [0.29, 0.717) is 23.0 Å². The van der Waals surface area contributed by atoms with Gasteiger partial charge in [-0.2, -0.15) is 0 Å². The molecule has 0 spiro atoms. The van der Waals surface area contributed by atoms with Gasteiger partial charge >= 0.3 is 0 Å². The predicted octanol–water partition coefficient (Wildman–Crippen LogP) is 1.61. The third kappa shape index (κ3) is 2.76. The van der Waals surface area contributed by atoms with E-state index in [-0.39, 0.29) is 0 Å². The summed E-state index contributed by atoms with van der Waals surface area (Å²) in [7, 11) is 0. The van der Waals surface area contributed by atoms with Gasteiger partial charge in [0.1, 0.15) is 0 Å². The van der Waals surface area contributed by atoms with Crippen molar-refractivity contribution in [3.8, 4) is 0 Å². The summed E-state index contributed by atoms with van der Waals surface area (Å²) in [4.78, 5) is 13.7. The fourth-order valence-electron chi connectivity index (χ4n) is 2.46. The topological polar surface area (TPSA) is 72.3 Å². The van der Waals surface area contributed by atoms with E-state index >= 15 is 0 Å². The van der Waals surface area contributed by atoms with Crippen LogP contribution in [0.3, 0.4) is 0 Å². The summed E-state index contributed by atoms with van der Waals surface area (Å²) in [5.74, 6) is 0.0394. The highest BCUT2D eigenvalue weighted by Crippen LogP contribution is 2.28. The molecule has 1 aromatic carbocycles. The molecular weight excluding hydrogens is 250 g/mol. The number of primary amides is 1. The number of carbonyl (C=O) groups excluding carboxylic acids is 1. The molecule has 5 heteroatoms. The summed E-state index contributed by atoms with van der Waals surface area (Å²) < 4.78 is 0. The second kappa shape index (κ2) is 5.59. The molecule has 1 aliphatic heterocycles. The van der Waals surface area contributed by atoms with Crippen LogP contribution in [0.25, 0.3) is 0 Å². The minimum absolute atomic E-state index is 0.442. The molecule has 98 valence electrons. The first kappa shape index (κ1) is 13.2. The molecule has 18 heavy (non-hydrogen) atoms. The van der Waals surface area contributed by atoms with E-state index in [4.69, 9.17) is 23.1 Å². The Hall–Kier alpha value is -1.26. The Kier molecular flexibility index (Phi) is 4.09. The Morgan fingerprint density at radius 3 is 2.94 bits per heavy atom. The summed E-state index contributed by atoms with van der Waals surface area (Å²) in [5.41, 5.74) is 12.5. The van der Waals surface area contributed by atoms with Crippen molar-refractivity contribution >= 4 is 23.2 Å². The number of piperidine rings is 1. The van der Waals surface area contributed by atoms with Crippen LogP contribution in [0, 0.1) is 5.92 Å². The normalized spacial score (nSPS) is 19.9. The van der Waals surface area contributed by atoms with Gasteiger partial charge in [0.15, 0.2) is 0 Å². The molecule has 1 aromatic rings. The number of halogens is 1. The molecule has 0 saturated carbocycles. The van der Waals surface area contributed by atoms with Gasteiger partial charge in [-0.15, -0.1) is 0 Å². The van der Waals surface area contributed by atoms with Crippen LogP contribution >= 0.6 is 11.6 Å². The van der Waals surface area contributed by atoms with Crippen molar-refractivity contribution in [2.45, 2.75) is 12.8 Å². The van der Waals surface area contributed by atoms with Gasteiger partial charge in [-0.1, -0.05) is 11.6 Å². The molecule has 0 bridgehead atoms. The number of benzene rings is 1. The highest BCUT2D eigenvalue weighted by atomic mass is 35.5. The maximum atomic E-state index is 11.5. The molecule has 0 aliphatic carbocycles. The third-order valence-electron chi connectivity index (χ3n) is 3.42. The van der Waals surface area contributed by atoms with Gasteiger partial charge in [0.05, 0.1) is 5.56 Å². The SMILES string of the molecule is NCC1CCCN(c2ccc(Cl)cc2C(N)=O)C1. The highest BCUT2D eigenvalue weighted by molar-refractivity contribution is 6.31. The Morgan fingerprint density at radius 1 is 1.50 bits per heavy atom. The van der Waals surface area contributed by atoms with Crippen molar-refractivity contribution in [2.75, 3.05) is 24.5 Å². The van der Waals surface area contributed by atoms with Crippen LogP contribution in [-0.2, 0) is 0 Å². The quantitative estimate of drug-likeness (QED) is 0.874. The molecule has 1 heterocycles. The minimum atomic E-state index is -0.442. The lowest BCUT2D eigenvalue weighted by atomic mass is 9.97. The largest absolute Gasteiger partial charge is 0.371 e. The Labute approximate surface area is 112 Å². The van der Waals surface area contributed by atoms with Crippen LogP contribution in [0.4, 0.5) is 5.69 Å². The fourth-order valence-corrected chi connectivity index (χ4v) is 2.63. The summed E-state index contributed by atoms with van der Waals surface area (Å²) in [6.07, 6.45) is 2.23. The smallest absolute Gasteiger partial charge is 0.250 e. The minimum Gasteiger partial charge on any atom is -0.371 e. The predicted molar refractivity (Wildman–Crippen MR) is 74.0 cm³/mol. The lowest BCUT2D eigenvalue weighted by molar-refractivity contribution is 0.100. The van der Waals surface area contributed by atoms with Gasteiger partial charge in [-0.3, -0.25) is 4.79 Å². The van der Waals surface area contributed by atoms with Crippen LogP contribution in [0.2, 0.25) is 5.02 Å². The lowest BCUT2D eigenvalue weighted by Gasteiger charge is -2.34. The van der Waals surface area contributed by atoms with Crippen molar-refractivity contribution in [1.82, 2.24) is 0 Å². The van der Waals surface area contributed by atoms with Gasteiger partial charge < -0.3 is 16.4 Å². The van der Waals surface area contributed by atoms with Crippen LogP contribution in [0.5, 0.6) is 0 Å². The number of hydrogen-bond donors (Lipinski definition) is 2. The van der Waals surface area contributed by atoms with E-state index in [0.717, 1.165) is 31.6 Å². The van der Waals surface area contributed by atoms with Crippen molar-refractivity contribution in [3.63, 3.8) is 0 Å². The number of hydrogen-bond acceptors (Lipinski definition) is 3. The van der Waals surface area contributed by atoms with E-state index in [2.05, 4.69) is 4.90 Å². The van der Waals surface area contributed by atoms with Gasteiger partial charge in [0.25, 0.3) is 5.91 Å². The maximum Gasteiger partial charge on any atom is 0.250 e. The molecule has 4 nitrogen and oxygen atoms in total. The molecule has 1 amide bonds. The second-order valence-electron chi connectivity index (χ2n) is 4.72. The molecule has 1 atom stereocenters. The van der Waals surface area contributed by atoms with Crippen molar-refractivity contribution in [2.24, 2.45) is 17.4 Å². The molecule has 0 radical (unpaired) electrons. The summed E-state index contributed by atoms with van der Waals surface area (Å²) >= 11 is 5.91. The monoisotopic (exact) mass is 267 g/mol. The van der Waals surface area contributed by atoms with Gasteiger partial charge in [-0.05, 0) is 43.5 Å². The Balaban J connectivity index is 2.29. The van der Waals surface area contributed by atoms with E-state index < -0.39 is 5.91 Å². The van der Waals surface area contributed by atoms with Crippen LogP contribution < -0.4 is 16.4 Å². The van der Waals surface area contributed by atoms with Gasteiger partial charge in [0.2, 0.25) is 0 Å². The lowest BCUT2D eigenvalue weighted by Crippen LogP contribution is -2.39. The number of nitrogens with zero attached hydrogens (tertiary/aromatic N) is 1. The molecule has 1 saturated heterocycles. The first-order chi connectivity index (χ1) is 8.61. The van der Waals surface area contributed by atoms with Crippen molar-refractivity contribution in [3.05, 3.63) is 28.8 Å². The van der Waals surface area contributed by atoms with E-state index in [1.807, 2.05) is 6.07 Å². The van der Waals surface area contributed by atoms with E-state index in [1.165, 1.54) is 0 Å². The summed E-state index contributed by atoms with van der Waals surface area (Å²) in [6.45, 7) is 2.48. The number of anilines is 1. The molecule has 1 unspecified atom stereocenters. The molecule has 1 aliphatic rings. The van der Waals surface area contributed by atoms with Crippen molar-refractivity contribution in [1.29, 1.82) is 0 Å². The zero-order valence-corrected chi connectivity index (χ0v) is 11.0. The van der Waals surface area contributed by atoms with Crippen LogP contribution in [-0.4, -0.2) is 25.5 Å². The molecule has 2 rings (SSSR count). The third-order valence-corrected chi connectivity index (χ3v) is 3.65. The van der Waals surface area contributed by atoms with Gasteiger partial charge in [-0.25, -0.2) is 0 Å². The molecule has 4 N–H and O–H groups in total. The first-order valence-corrected chi connectivity index (χ1v) is 6.54. The second-order valence-corrected chi connectivity index (χ2v) is 5.15. The average Bonchev–Trinajstić information content (AvgIpc) is 2.38. The number of amides is 1. The molecule has 1 fully saturated rings. The zero-order chi connectivity index (χ0) is 13.1. The Morgan fingerprint density at radius 2 is 2.28 bits per heavy atom. The Bertz CT molecular complexity index is 450. The van der Waals surface area contributed by atoms with E-state index in [1.54, 1.807) is 12.1 Å². The van der Waals surface area contributed by atoms with E-state index in [9.17, 15) is 4.79 Å². The number of nitrogens with two attached hydrogens (primary N) is 2. The van der Waals surface area contributed by atoms with Gasteiger partial charge in [0, 0.05) is 23.8 Å². The number of rotatable bonds is 3. The summed E-state index contributed by atoms with van der Waals surface area (Å²) in [5, 5.41) is 0.528. The standard InChI is InChI=1S/C13H18ClN3O/c14-10-3-4-12(11(6-10)13(16)18)17-5-1-2-9(7-15)8-17/h3-4,6,9H,1-2,5,7-8,15H2,(H2,16,18). The zero-order valence-electron chi connectivity index (χ0n) is 10.2. The molecule has 0 aromatic heterocycles. The fraction of sp³-hybridized carbons (Fsp3) is 0.462. The van der Waals surface area contributed by atoms with Crippen LogP contribution in [0.1, 0.15) is 23.2 Å². The first-order valence-electron chi connectivity index (χ1n) is 6.16. The number of carbonyl (C=O) groups is 1. The molecular formula is C13H18ClN3O. The summed E-state index contributed by atoms with van der Waals surface area (Å²) in [6, 6.07) is 5.28. The maximum absolute atomic E-state index is 11.5. The highest BCUT2D eigenvalue weighted by Gasteiger charge is 2.22. The van der Waals surface area contributed by atoms with Crippen LogP contribution in [0.15, 0.2) is 18.2 Å².